The Bertz CT molecular complexity index is 1070. The van der Waals surface area contributed by atoms with Crippen LogP contribution >= 0.6 is 23.4 Å². The first-order chi connectivity index (χ1) is 15.5. The van der Waals surface area contributed by atoms with E-state index in [2.05, 4.69) is 20.4 Å². The summed E-state index contributed by atoms with van der Waals surface area (Å²) in [6.07, 6.45) is 3.66. The van der Waals surface area contributed by atoms with Gasteiger partial charge in [-0.15, -0.1) is 10.2 Å². The van der Waals surface area contributed by atoms with Gasteiger partial charge in [0.25, 0.3) is 0 Å². The van der Waals surface area contributed by atoms with Crippen molar-refractivity contribution in [2.45, 2.75) is 43.1 Å². The average Bonchev–Trinajstić information content (AvgIpc) is 3.18. The van der Waals surface area contributed by atoms with E-state index in [-0.39, 0.29) is 16.6 Å². The van der Waals surface area contributed by atoms with E-state index in [0.717, 1.165) is 24.6 Å². The molecule has 2 heterocycles. The number of hydrogen-bond acceptors (Lipinski definition) is 5. The number of nitrogens with zero attached hydrogens (tertiary/aromatic N) is 4. The highest BCUT2D eigenvalue weighted by atomic mass is 35.5. The summed E-state index contributed by atoms with van der Waals surface area (Å²) in [7, 11) is 0. The molecule has 9 heteroatoms. The maximum absolute atomic E-state index is 14.1. The van der Waals surface area contributed by atoms with Crippen LogP contribution in [0.1, 0.15) is 32.0 Å². The van der Waals surface area contributed by atoms with Gasteiger partial charge in [0.05, 0.1) is 17.5 Å². The van der Waals surface area contributed by atoms with Gasteiger partial charge < -0.3 is 5.32 Å². The minimum absolute atomic E-state index is 0.0992. The number of halogens is 2. The van der Waals surface area contributed by atoms with Crippen LogP contribution in [0, 0.1) is 5.82 Å². The number of thioether (sulfide) groups is 1. The molecular formula is C23H25ClFN5OS. The van der Waals surface area contributed by atoms with Gasteiger partial charge in [-0.1, -0.05) is 48.0 Å². The first-order valence-corrected chi connectivity index (χ1v) is 11.9. The molecule has 0 bridgehead atoms. The quantitative estimate of drug-likeness (QED) is 0.480. The van der Waals surface area contributed by atoms with Gasteiger partial charge in [0.15, 0.2) is 11.0 Å². The highest BCUT2D eigenvalue weighted by Gasteiger charge is 2.23. The molecule has 1 fully saturated rings. The van der Waals surface area contributed by atoms with Crippen LogP contribution in [0.2, 0.25) is 5.02 Å². The zero-order chi connectivity index (χ0) is 22.5. The highest BCUT2D eigenvalue weighted by molar-refractivity contribution is 8.00. The predicted octanol–water partition coefficient (Wildman–Crippen LogP) is 5.17. The minimum Gasteiger partial charge on any atom is -0.323 e. The smallest absolute Gasteiger partial charge is 0.237 e. The van der Waals surface area contributed by atoms with Gasteiger partial charge in [0, 0.05) is 10.7 Å². The standard InChI is InChI=1S/C23H25ClFN5OS/c1-16(22(31)26-20-11-10-17(24)14-19(20)25)32-23-28-27-21(15-29-12-6-3-7-13-29)30(23)18-8-4-2-5-9-18/h2,4-5,8-11,14,16H,3,6-7,12-13,15H2,1H3,(H,26,31)/t16-/m0/s1. The zero-order valence-electron chi connectivity index (χ0n) is 17.8. The molecule has 4 rings (SSSR count). The second kappa shape index (κ2) is 10.5. The Kier molecular flexibility index (Phi) is 7.44. The van der Waals surface area contributed by atoms with Crippen LogP contribution in [0.5, 0.6) is 0 Å². The number of carbonyl (C=O) groups is 1. The van der Waals surface area contributed by atoms with Crippen LogP contribution in [0.15, 0.2) is 53.7 Å². The van der Waals surface area contributed by atoms with Crippen molar-refractivity contribution in [2.75, 3.05) is 18.4 Å². The number of hydrogen-bond donors (Lipinski definition) is 1. The molecule has 1 amide bonds. The summed E-state index contributed by atoms with van der Waals surface area (Å²) in [5.41, 5.74) is 1.05. The molecule has 0 unspecified atom stereocenters. The maximum Gasteiger partial charge on any atom is 0.237 e. The van der Waals surface area contributed by atoms with Gasteiger partial charge >= 0.3 is 0 Å². The lowest BCUT2D eigenvalue weighted by molar-refractivity contribution is -0.115. The van der Waals surface area contributed by atoms with E-state index in [1.165, 1.54) is 49.2 Å². The van der Waals surface area contributed by atoms with Crippen molar-refractivity contribution in [2.24, 2.45) is 0 Å². The van der Waals surface area contributed by atoms with E-state index in [1.54, 1.807) is 6.92 Å². The summed E-state index contributed by atoms with van der Waals surface area (Å²) in [4.78, 5) is 15.1. The third-order valence-electron chi connectivity index (χ3n) is 5.37. The maximum atomic E-state index is 14.1. The topological polar surface area (TPSA) is 63.1 Å². The van der Waals surface area contributed by atoms with Crippen molar-refractivity contribution in [3.8, 4) is 5.69 Å². The molecule has 0 aliphatic carbocycles. The largest absolute Gasteiger partial charge is 0.323 e. The van der Waals surface area contributed by atoms with E-state index in [1.807, 2.05) is 34.9 Å². The first-order valence-electron chi connectivity index (χ1n) is 10.7. The molecule has 0 saturated carbocycles. The molecule has 6 nitrogen and oxygen atoms in total. The highest BCUT2D eigenvalue weighted by Crippen LogP contribution is 2.28. The molecule has 1 aliphatic rings. The minimum atomic E-state index is -0.570. The molecule has 1 aliphatic heterocycles. The zero-order valence-corrected chi connectivity index (χ0v) is 19.4. The number of piperidine rings is 1. The number of likely N-dealkylation sites (tertiary alicyclic amines) is 1. The van der Waals surface area contributed by atoms with Crippen molar-refractivity contribution in [1.29, 1.82) is 0 Å². The van der Waals surface area contributed by atoms with Crippen molar-refractivity contribution >= 4 is 35.0 Å². The lowest BCUT2D eigenvalue weighted by Crippen LogP contribution is -2.30. The molecule has 1 aromatic heterocycles. The number of rotatable bonds is 7. The fourth-order valence-electron chi connectivity index (χ4n) is 3.67. The molecular weight excluding hydrogens is 449 g/mol. The average molecular weight is 474 g/mol. The number of anilines is 1. The van der Waals surface area contributed by atoms with E-state index >= 15 is 0 Å². The number of nitrogens with one attached hydrogen (secondary N) is 1. The van der Waals surface area contributed by atoms with Crippen LogP contribution in [-0.2, 0) is 11.3 Å². The lowest BCUT2D eigenvalue weighted by Gasteiger charge is -2.26. The molecule has 168 valence electrons. The van der Waals surface area contributed by atoms with E-state index in [9.17, 15) is 9.18 Å². The van der Waals surface area contributed by atoms with Gasteiger partial charge in [0.1, 0.15) is 5.82 Å². The Morgan fingerprint density at radius 2 is 1.91 bits per heavy atom. The summed E-state index contributed by atoms with van der Waals surface area (Å²) >= 11 is 7.09. The van der Waals surface area contributed by atoms with Gasteiger partial charge in [0.2, 0.25) is 5.91 Å². The van der Waals surface area contributed by atoms with E-state index < -0.39 is 11.1 Å². The van der Waals surface area contributed by atoms with Crippen molar-refractivity contribution in [3.05, 3.63) is 65.2 Å². The Morgan fingerprint density at radius 1 is 1.16 bits per heavy atom. The van der Waals surface area contributed by atoms with Crippen LogP contribution in [0.25, 0.3) is 5.69 Å². The molecule has 0 spiro atoms. The molecule has 0 radical (unpaired) electrons. The summed E-state index contributed by atoms with van der Waals surface area (Å²) in [5.74, 6) is -0.0484. The second-order valence-corrected chi connectivity index (χ2v) is 9.52. The Balaban J connectivity index is 1.53. The molecule has 32 heavy (non-hydrogen) atoms. The number of carbonyl (C=O) groups excluding carboxylic acids is 1. The summed E-state index contributed by atoms with van der Waals surface area (Å²) in [6.45, 7) is 4.58. The van der Waals surface area contributed by atoms with Gasteiger partial charge in [-0.05, 0) is 63.2 Å². The SMILES string of the molecule is C[C@H](Sc1nnc(CN2CCCCC2)n1-c1ccccc1)C(=O)Nc1ccc(Cl)cc1F. The first kappa shape index (κ1) is 22.8. The van der Waals surface area contributed by atoms with E-state index in [0.29, 0.717) is 11.7 Å². The van der Waals surface area contributed by atoms with E-state index in [4.69, 9.17) is 11.6 Å². The fraction of sp³-hybridized carbons (Fsp3) is 0.348. The molecule has 1 N–H and O–H groups in total. The Morgan fingerprint density at radius 3 is 2.62 bits per heavy atom. The molecule has 3 aromatic rings. The summed E-state index contributed by atoms with van der Waals surface area (Å²) < 4.78 is 16.1. The van der Waals surface area contributed by atoms with Crippen LogP contribution in [0.3, 0.4) is 0 Å². The molecule has 1 atom stereocenters. The normalized spacial score (nSPS) is 15.5. The van der Waals surface area contributed by atoms with Gasteiger partial charge in [-0.25, -0.2) is 4.39 Å². The Labute approximate surface area is 196 Å². The second-order valence-electron chi connectivity index (χ2n) is 7.78. The van der Waals surface area contributed by atoms with Crippen molar-refractivity contribution in [1.82, 2.24) is 19.7 Å². The van der Waals surface area contributed by atoms with Crippen molar-refractivity contribution < 1.29 is 9.18 Å². The third kappa shape index (κ3) is 5.49. The van der Waals surface area contributed by atoms with Crippen LogP contribution < -0.4 is 5.32 Å². The summed E-state index contributed by atoms with van der Waals surface area (Å²) in [5, 5.41) is 11.9. The summed E-state index contributed by atoms with van der Waals surface area (Å²) in [6, 6.07) is 14.1. The molecule has 1 saturated heterocycles. The van der Waals surface area contributed by atoms with Gasteiger partial charge in [-0.3, -0.25) is 14.3 Å². The van der Waals surface area contributed by atoms with Crippen LogP contribution in [0.4, 0.5) is 10.1 Å². The molecule has 2 aromatic carbocycles. The number of para-hydroxylation sites is 1. The predicted molar refractivity (Wildman–Crippen MR) is 126 cm³/mol. The number of benzene rings is 2. The fourth-order valence-corrected chi connectivity index (χ4v) is 4.71. The van der Waals surface area contributed by atoms with Gasteiger partial charge in [-0.2, -0.15) is 0 Å². The lowest BCUT2D eigenvalue weighted by atomic mass is 10.1. The monoisotopic (exact) mass is 473 g/mol. The third-order valence-corrected chi connectivity index (χ3v) is 6.65. The Hall–Kier alpha value is -2.42. The number of aromatic nitrogens is 3. The number of amides is 1. The van der Waals surface area contributed by atoms with Crippen molar-refractivity contribution in [3.63, 3.8) is 0 Å². The van der Waals surface area contributed by atoms with Crippen LogP contribution in [-0.4, -0.2) is 43.9 Å².